The highest BCUT2D eigenvalue weighted by Gasteiger charge is 2.20. The first-order valence-electron chi connectivity index (χ1n) is 10.4. The average molecular weight is 431 g/mol. The van der Waals surface area contributed by atoms with Gasteiger partial charge in [-0.05, 0) is 68.9 Å². The predicted octanol–water partition coefficient (Wildman–Crippen LogP) is 4.73. The van der Waals surface area contributed by atoms with Crippen molar-refractivity contribution in [2.75, 3.05) is 17.1 Å². The third-order valence-electron chi connectivity index (χ3n) is 5.55. The fourth-order valence-corrected chi connectivity index (χ4v) is 4.75. The van der Waals surface area contributed by atoms with Crippen molar-refractivity contribution in [1.82, 2.24) is 5.32 Å². The molecular weight excluding hydrogens is 396 g/mol. The molecule has 164 valence electrons. The molecule has 6 heteroatoms. The molecule has 30 heavy (non-hydrogen) atoms. The number of anilines is 1. The van der Waals surface area contributed by atoms with Gasteiger partial charge in [-0.15, -0.1) is 0 Å². The van der Waals surface area contributed by atoms with Gasteiger partial charge in [0.15, 0.2) is 0 Å². The maximum absolute atomic E-state index is 12.6. The fourth-order valence-electron chi connectivity index (χ4n) is 3.74. The number of nitrogens with one attached hydrogen (secondary N) is 1. The largest absolute Gasteiger partial charge is 0.349 e. The summed E-state index contributed by atoms with van der Waals surface area (Å²) >= 11 is 0. The molecule has 5 nitrogen and oxygen atoms in total. The minimum Gasteiger partial charge on any atom is -0.349 e. The standard InChI is InChI=1S/C24H34N2O3S/c1-7-22(21-14-13-17(2)16-19(21)4)25-24(27)12-9-15-26(30(6,28)29)23-11-8-10-18(3)20(23)5/h8,10-11,13-14,16,22H,7,9,12,15H2,1-6H3,(H,25,27)/t22-/m0/s1. The summed E-state index contributed by atoms with van der Waals surface area (Å²) in [5, 5.41) is 3.11. The van der Waals surface area contributed by atoms with Crippen molar-refractivity contribution in [1.29, 1.82) is 0 Å². The zero-order valence-corrected chi connectivity index (χ0v) is 19.8. The average Bonchev–Trinajstić information content (AvgIpc) is 2.65. The van der Waals surface area contributed by atoms with Crippen LogP contribution < -0.4 is 9.62 Å². The van der Waals surface area contributed by atoms with Gasteiger partial charge in [0.1, 0.15) is 0 Å². The maximum Gasteiger partial charge on any atom is 0.232 e. The van der Waals surface area contributed by atoms with E-state index < -0.39 is 10.0 Å². The Labute approximate surface area is 181 Å². The van der Waals surface area contributed by atoms with E-state index in [1.165, 1.54) is 21.7 Å². The van der Waals surface area contributed by atoms with Crippen molar-refractivity contribution in [2.45, 2.75) is 59.9 Å². The second-order valence-corrected chi connectivity index (χ2v) is 9.95. The summed E-state index contributed by atoms with van der Waals surface area (Å²) in [5.41, 5.74) is 6.15. The van der Waals surface area contributed by atoms with Gasteiger partial charge in [0, 0.05) is 13.0 Å². The molecule has 1 atom stereocenters. The monoisotopic (exact) mass is 430 g/mol. The third kappa shape index (κ3) is 6.08. The molecule has 0 radical (unpaired) electrons. The summed E-state index contributed by atoms with van der Waals surface area (Å²) in [7, 11) is -3.43. The molecule has 0 saturated heterocycles. The molecular formula is C24H34N2O3S. The molecule has 0 aliphatic heterocycles. The number of carbonyl (C=O) groups excluding carboxylic acids is 1. The van der Waals surface area contributed by atoms with Gasteiger partial charge in [-0.2, -0.15) is 0 Å². The van der Waals surface area contributed by atoms with E-state index in [0.29, 0.717) is 12.1 Å². The van der Waals surface area contributed by atoms with Crippen LogP contribution in [0.3, 0.4) is 0 Å². The molecule has 0 aliphatic carbocycles. The smallest absolute Gasteiger partial charge is 0.232 e. The molecule has 0 bridgehead atoms. The molecule has 0 spiro atoms. The summed E-state index contributed by atoms with van der Waals surface area (Å²) in [4.78, 5) is 12.6. The highest BCUT2D eigenvalue weighted by molar-refractivity contribution is 7.92. The summed E-state index contributed by atoms with van der Waals surface area (Å²) in [6, 6.07) is 11.9. The van der Waals surface area contributed by atoms with Crippen LogP contribution in [-0.2, 0) is 14.8 Å². The molecule has 2 aromatic carbocycles. The number of amides is 1. The van der Waals surface area contributed by atoms with Crippen LogP contribution in [0.4, 0.5) is 5.69 Å². The maximum atomic E-state index is 12.6. The zero-order chi connectivity index (χ0) is 22.5. The Hall–Kier alpha value is -2.34. The lowest BCUT2D eigenvalue weighted by molar-refractivity contribution is -0.121. The molecule has 2 rings (SSSR count). The molecule has 0 saturated carbocycles. The van der Waals surface area contributed by atoms with Gasteiger partial charge >= 0.3 is 0 Å². The normalized spacial score (nSPS) is 12.5. The SMILES string of the molecule is CC[C@H](NC(=O)CCCN(c1cccc(C)c1C)S(C)(=O)=O)c1ccc(C)cc1C. The van der Waals surface area contributed by atoms with Gasteiger partial charge < -0.3 is 5.32 Å². The summed E-state index contributed by atoms with van der Waals surface area (Å²) in [5.74, 6) is -0.0590. The van der Waals surface area contributed by atoms with Crippen LogP contribution in [0.2, 0.25) is 0 Å². The molecule has 0 fully saturated rings. The third-order valence-corrected chi connectivity index (χ3v) is 6.73. The van der Waals surface area contributed by atoms with E-state index in [9.17, 15) is 13.2 Å². The van der Waals surface area contributed by atoms with Crippen molar-refractivity contribution in [3.63, 3.8) is 0 Å². The van der Waals surface area contributed by atoms with Crippen LogP contribution in [0.5, 0.6) is 0 Å². The number of nitrogens with zero attached hydrogens (tertiary/aromatic N) is 1. The van der Waals surface area contributed by atoms with E-state index in [4.69, 9.17) is 0 Å². The lowest BCUT2D eigenvalue weighted by atomic mass is 9.97. The molecule has 0 aromatic heterocycles. The number of hydrogen-bond acceptors (Lipinski definition) is 3. The lowest BCUT2D eigenvalue weighted by Crippen LogP contribution is -2.33. The lowest BCUT2D eigenvalue weighted by Gasteiger charge is -2.25. The van der Waals surface area contributed by atoms with Crippen LogP contribution >= 0.6 is 0 Å². The van der Waals surface area contributed by atoms with Crippen LogP contribution in [-0.4, -0.2) is 27.1 Å². The summed E-state index contributed by atoms with van der Waals surface area (Å²) in [6.07, 6.45) is 2.74. The van der Waals surface area contributed by atoms with Crippen LogP contribution in [0.1, 0.15) is 60.0 Å². The second-order valence-electron chi connectivity index (χ2n) is 8.05. The molecule has 1 N–H and O–H groups in total. The van der Waals surface area contributed by atoms with Gasteiger partial charge in [-0.1, -0.05) is 42.8 Å². The molecule has 0 aliphatic rings. The van der Waals surface area contributed by atoms with Gasteiger partial charge in [0.25, 0.3) is 0 Å². The van der Waals surface area contributed by atoms with Crippen LogP contribution in [0, 0.1) is 27.7 Å². The van der Waals surface area contributed by atoms with Gasteiger partial charge in [-0.3, -0.25) is 9.10 Å². The van der Waals surface area contributed by atoms with E-state index in [2.05, 4.69) is 44.3 Å². The van der Waals surface area contributed by atoms with Crippen molar-refractivity contribution < 1.29 is 13.2 Å². The summed E-state index contributed by atoms with van der Waals surface area (Å²) < 4.78 is 26.1. The number of hydrogen-bond donors (Lipinski definition) is 1. The Kier molecular flexibility index (Phi) is 8.07. The second kappa shape index (κ2) is 10.1. The van der Waals surface area contributed by atoms with E-state index in [-0.39, 0.29) is 24.9 Å². The van der Waals surface area contributed by atoms with Gasteiger partial charge in [0.05, 0.1) is 18.0 Å². The molecule has 0 heterocycles. The predicted molar refractivity (Wildman–Crippen MR) is 124 cm³/mol. The Bertz CT molecular complexity index is 1000. The van der Waals surface area contributed by atoms with Crippen molar-refractivity contribution >= 4 is 21.6 Å². The first-order valence-corrected chi connectivity index (χ1v) is 12.3. The van der Waals surface area contributed by atoms with Crippen LogP contribution in [0.15, 0.2) is 36.4 Å². The fraction of sp³-hybridized carbons (Fsp3) is 0.458. The molecule has 0 unspecified atom stereocenters. The number of rotatable bonds is 9. The minimum absolute atomic E-state index is 0.0388. The topological polar surface area (TPSA) is 66.5 Å². The quantitative estimate of drug-likeness (QED) is 0.625. The number of aryl methyl sites for hydroxylation is 3. The van der Waals surface area contributed by atoms with E-state index in [1.807, 2.05) is 32.0 Å². The number of carbonyl (C=O) groups is 1. The Morgan fingerprint density at radius 1 is 1.07 bits per heavy atom. The summed E-state index contributed by atoms with van der Waals surface area (Å²) in [6.45, 7) is 10.3. The number of sulfonamides is 1. The Balaban J connectivity index is 2.04. The Morgan fingerprint density at radius 3 is 2.37 bits per heavy atom. The Morgan fingerprint density at radius 2 is 1.77 bits per heavy atom. The first kappa shape index (κ1) is 23.9. The van der Waals surface area contributed by atoms with E-state index in [1.54, 1.807) is 0 Å². The first-order chi connectivity index (χ1) is 14.0. The van der Waals surface area contributed by atoms with Crippen molar-refractivity contribution in [3.05, 3.63) is 64.2 Å². The molecule has 2 aromatic rings. The highest BCUT2D eigenvalue weighted by Crippen LogP contribution is 2.26. The van der Waals surface area contributed by atoms with Crippen molar-refractivity contribution in [3.8, 4) is 0 Å². The minimum atomic E-state index is -3.43. The zero-order valence-electron chi connectivity index (χ0n) is 19.0. The number of benzene rings is 2. The highest BCUT2D eigenvalue weighted by atomic mass is 32.2. The van der Waals surface area contributed by atoms with E-state index >= 15 is 0 Å². The van der Waals surface area contributed by atoms with Gasteiger partial charge in [-0.25, -0.2) is 8.42 Å². The van der Waals surface area contributed by atoms with E-state index in [0.717, 1.165) is 23.1 Å². The molecule has 1 amide bonds. The van der Waals surface area contributed by atoms with Crippen molar-refractivity contribution in [2.24, 2.45) is 0 Å². The van der Waals surface area contributed by atoms with Crippen LogP contribution in [0.25, 0.3) is 0 Å². The van der Waals surface area contributed by atoms with Gasteiger partial charge in [0.2, 0.25) is 15.9 Å².